The van der Waals surface area contributed by atoms with Gasteiger partial charge in [0, 0.05) is 18.2 Å². The van der Waals surface area contributed by atoms with Gasteiger partial charge in [-0.3, -0.25) is 14.5 Å². The minimum absolute atomic E-state index is 0.0697. The van der Waals surface area contributed by atoms with E-state index in [9.17, 15) is 9.59 Å². The molecule has 1 atom stereocenters. The third-order valence-electron chi connectivity index (χ3n) is 3.56. The fraction of sp³-hybridized carbons (Fsp3) is 0.312. The normalized spacial score (nSPS) is 12.4. The van der Waals surface area contributed by atoms with Crippen LogP contribution in [0.3, 0.4) is 0 Å². The van der Waals surface area contributed by atoms with Crippen molar-refractivity contribution in [3.63, 3.8) is 0 Å². The van der Waals surface area contributed by atoms with E-state index in [0.29, 0.717) is 17.5 Å². The smallest absolute Gasteiger partial charge is 0.408 e. The summed E-state index contributed by atoms with van der Waals surface area (Å²) in [7, 11) is 0. The largest absolute Gasteiger partial charge is 0.420 e. The molecule has 0 saturated carbocycles. The molecule has 2 heterocycles. The number of nitrogens with one attached hydrogen (secondary N) is 2. The number of oxazole rings is 1. The Morgan fingerprint density at radius 3 is 2.96 bits per heavy atom. The standard InChI is InChI=1S/C16H18N4O3/c1-10(7-12-8-11(2)18-19-12)17-15(21)9-20-13-5-3-4-6-14(13)23-16(20)22/h3-6,8,10H,7,9H2,1-2H3,(H,17,21)(H,18,19)/t10-/m0/s1. The summed E-state index contributed by atoms with van der Waals surface area (Å²) in [5, 5.41) is 9.89. The molecule has 3 aromatic rings. The number of amides is 1. The van der Waals surface area contributed by atoms with Gasteiger partial charge in [-0.1, -0.05) is 12.1 Å². The number of aryl methyl sites for hydroxylation is 1. The number of aromatic nitrogens is 3. The summed E-state index contributed by atoms with van der Waals surface area (Å²) < 4.78 is 6.45. The van der Waals surface area contributed by atoms with Crippen molar-refractivity contribution in [3.05, 3.63) is 52.3 Å². The topological polar surface area (TPSA) is 92.9 Å². The van der Waals surface area contributed by atoms with Crippen molar-refractivity contribution in [2.45, 2.75) is 32.9 Å². The lowest BCUT2D eigenvalue weighted by atomic mass is 10.2. The Morgan fingerprint density at radius 1 is 1.43 bits per heavy atom. The highest BCUT2D eigenvalue weighted by Crippen LogP contribution is 2.11. The van der Waals surface area contributed by atoms with Crippen molar-refractivity contribution in [2.75, 3.05) is 0 Å². The summed E-state index contributed by atoms with van der Waals surface area (Å²) >= 11 is 0. The lowest BCUT2D eigenvalue weighted by Gasteiger charge is -2.12. The second-order valence-corrected chi connectivity index (χ2v) is 5.64. The summed E-state index contributed by atoms with van der Waals surface area (Å²) in [5.41, 5.74) is 2.96. The molecule has 7 nitrogen and oxygen atoms in total. The molecule has 0 aliphatic rings. The number of nitrogens with zero attached hydrogens (tertiary/aromatic N) is 2. The highest BCUT2D eigenvalue weighted by molar-refractivity contribution is 5.79. The van der Waals surface area contributed by atoms with Crippen LogP contribution in [0.1, 0.15) is 18.3 Å². The zero-order valence-corrected chi connectivity index (χ0v) is 13.0. The highest BCUT2D eigenvalue weighted by atomic mass is 16.4. The molecule has 2 N–H and O–H groups in total. The van der Waals surface area contributed by atoms with E-state index in [1.165, 1.54) is 4.57 Å². The molecule has 0 unspecified atom stereocenters. The summed E-state index contributed by atoms with van der Waals surface area (Å²) in [6.07, 6.45) is 0.622. The SMILES string of the molecule is Cc1cc(C[C@H](C)NC(=O)Cn2c(=O)oc3ccccc32)n[nH]1. The maximum absolute atomic E-state index is 12.2. The molecule has 0 fully saturated rings. The molecule has 1 aromatic carbocycles. The van der Waals surface area contributed by atoms with Crippen LogP contribution in [0, 0.1) is 6.92 Å². The molecule has 7 heteroatoms. The lowest BCUT2D eigenvalue weighted by molar-refractivity contribution is -0.122. The van der Waals surface area contributed by atoms with Crippen molar-refractivity contribution in [1.29, 1.82) is 0 Å². The highest BCUT2D eigenvalue weighted by Gasteiger charge is 2.14. The number of aromatic amines is 1. The number of carbonyl (C=O) groups is 1. The van der Waals surface area contributed by atoms with E-state index < -0.39 is 5.76 Å². The minimum atomic E-state index is -0.531. The zero-order chi connectivity index (χ0) is 16.4. The molecule has 0 aliphatic carbocycles. The van der Waals surface area contributed by atoms with Crippen LogP contribution in [-0.2, 0) is 17.8 Å². The zero-order valence-electron chi connectivity index (χ0n) is 13.0. The van der Waals surface area contributed by atoms with Crippen LogP contribution in [0.2, 0.25) is 0 Å². The minimum Gasteiger partial charge on any atom is -0.408 e. The van der Waals surface area contributed by atoms with E-state index in [4.69, 9.17) is 4.42 Å². The molecule has 0 bridgehead atoms. The van der Waals surface area contributed by atoms with Crippen molar-refractivity contribution in [1.82, 2.24) is 20.1 Å². The monoisotopic (exact) mass is 314 g/mol. The maximum atomic E-state index is 12.2. The van der Waals surface area contributed by atoms with Crippen molar-refractivity contribution in [2.24, 2.45) is 0 Å². The van der Waals surface area contributed by atoms with Gasteiger partial charge in [0.25, 0.3) is 0 Å². The van der Waals surface area contributed by atoms with Crippen LogP contribution in [0.25, 0.3) is 11.1 Å². The molecule has 0 spiro atoms. The second-order valence-electron chi connectivity index (χ2n) is 5.64. The molecule has 1 amide bonds. The average molecular weight is 314 g/mol. The van der Waals surface area contributed by atoms with Crippen molar-refractivity contribution < 1.29 is 9.21 Å². The Hall–Kier alpha value is -2.83. The quantitative estimate of drug-likeness (QED) is 0.744. The van der Waals surface area contributed by atoms with Crippen LogP contribution in [-0.4, -0.2) is 26.7 Å². The van der Waals surface area contributed by atoms with E-state index >= 15 is 0 Å². The van der Waals surface area contributed by atoms with Crippen LogP contribution >= 0.6 is 0 Å². The van der Waals surface area contributed by atoms with Crippen molar-refractivity contribution >= 4 is 17.0 Å². The predicted octanol–water partition coefficient (Wildman–Crippen LogP) is 1.37. The first kappa shape index (κ1) is 15.1. The van der Waals surface area contributed by atoms with Gasteiger partial charge in [0.05, 0.1) is 11.2 Å². The molecular weight excluding hydrogens is 296 g/mol. The first-order valence-corrected chi connectivity index (χ1v) is 7.41. The van der Waals surface area contributed by atoms with E-state index in [1.807, 2.05) is 19.9 Å². The Kier molecular flexibility index (Phi) is 4.01. The number of benzene rings is 1. The number of fused-ring (bicyclic) bond motifs is 1. The summed E-state index contributed by atoms with van der Waals surface area (Å²) in [6, 6.07) is 8.89. The maximum Gasteiger partial charge on any atom is 0.420 e. The molecule has 0 saturated heterocycles. The van der Waals surface area contributed by atoms with Gasteiger partial charge in [-0.15, -0.1) is 0 Å². The summed E-state index contributed by atoms with van der Waals surface area (Å²) in [6.45, 7) is 3.76. The molecule has 3 rings (SSSR count). The summed E-state index contributed by atoms with van der Waals surface area (Å²) in [5.74, 6) is -0.768. The molecular formula is C16H18N4O3. The van der Waals surface area contributed by atoms with Gasteiger partial charge in [0.2, 0.25) is 5.91 Å². The number of hydrogen-bond donors (Lipinski definition) is 2. The Balaban J connectivity index is 1.66. The summed E-state index contributed by atoms with van der Waals surface area (Å²) in [4.78, 5) is 24.0. The van der Waals surface area contributed by atoms with Gasteiger partial charge >= 0.3 is 5.76 Å². The number of H-pyrrole nitrogens is 1. The van der Waals surface area contributed by atoms with Crippen LogP contribution in [0.15, 0.2) is 39.5 Å². The van der Waals surface area contributed by atoms with Crippen LogP contribution in [0.5, 0.6) is 0 Å². The average Bonchev–Trinajstić information content (AvgIpc) is 3.03. The number of carbonyl (C=O) groups excluding carboxylic acids is 1. The van der Waals surface area contributed by atoms with Gasteiger partial charge in [0.1, 0.15) is 6.54 Å². The molecule has 0 radical (unpaired) electrons. The molecule has 120 valence electrons. The van der Waals surface area contributed by atoms with Crippen molar-refractivity contribution in [3.8, 4) is 0 Å². The van der Waals surface area contributed by atoms with E-state index in [1.54, 1.807) is 24.3 Å². The third-order valence-corrected chi connectivity index (χ3v) is 3.56. The van der Waals surface area contributed by atoms with Gasteiger partial charge in [-0.25, -0.2) is 4.79 Å². The first-order chi connectivity index (χ1) is 11.0. The Labute approximate surface area is 132 Å². The van der Waals surface area contributed by atoms with E-state index in [0.717, 1.165) is 11.4 Å². The first-order valence-electron chi connectivity index (χ1n) is 7.41. The van der Waals surface area contributed by atoms with Crippen LogP contribution in [0.4, 0.5) is 0 Å². The Morgan fingerprint density at radius 2 is 2.22 bits per heavy atom. The third kappa shape index (κ3) is 3.33. The van der Waals surface area contributed by atoms with E-state index in [2.05, 4.69) is 15.5 Å². The molecule has 2 aromatic heterocycles. The number of para-hydroxylation sites is 2. The second kappa shape index (κ2) is 6.12. The van der Waals surface area contributed by atoms with Crippen LogP contribution < -0.4 is 11.1 Å². The fourth-order valence-corrected chi connectivity index (χ4v) is 2.57. The lowest BCUT2D eigenvalue weighted by Crippen LogP contribution is -2.37. The Bertz CT molecular complexity index is 890. The fourth-order valence-electron chi connectivity index (χ4n) is 2.57. The van der Waals surface area contributed by atoms with Gasteiger partial charge < -0.3 is 9.73 Å². The predicted molar refractivity (Wildman–Crippen MR) is 85.1 cm³/mol. The van der Waals surface area contributed by atoms with Gasteiger partial charge in [-0.05, 0) is 32.0 Å². The van der Waals surface area contributed by atoms with Gasteiger partial charge in [0.15, 0.2) is 5.58 Å². The number of hydrogen-bond acceptors (Lipinski definition) is 4. The molecule has 23 heavy (non-hydrogen) atoms. The number of rotatable bonds is 5. The molecule has 0 aliphatic heterocycles. The van der Waals surface area contributed by atoms with Gasteiger partial charge in [-0.2, -0.15) is 5.10 Å². The van der Waals surface area contributed by atoms with E-state index in [-0.39, 0.29) is 18.5 Å².